The van der Waals surface area contributed by atoms with Crippen molar-refractivity contribution in [3.63, 3.8) is 0 Å². The molecule has 2 aromatic heterocycles. The van der Waals surface area contributed by atoms with Crippen LogP contribution < -0.4 is 10.9 Å². The molecule has 0 radical (unpaired) electrons. The number of rotatable bonds is 8. The van der Waals surface area contributed by atoms with Gasteiger partial charge in [-0.3, -0.25) is 9.59 Å². The Balaban J connectivity index is 1.46. The number of imidazole rings is 1. The van der Waals surface area contributed by atoms with Gasteiger partial charge in [0, 0.05) is 37.4 Å². The standard InChI is InChI=1S/C29H33FN6O2/c1-16-6-7-21(30)13-19(16)12-17(2)32-22-8-9-31-28(37)25(22)27-33-23-14-20-15-36(11-10-35(4)5)29(38)24(20)18(3)26(23)34-27/h6-9,13-14,17H,10-12,15H2,1-5H3,(H,33,34)(H2,31,32,37). The monoisotopic (exact) mass is 516 g/mol. The zero-order valence-electron chi connectivity index (χ0n) is 22.4. The van der Waals surface area contributed by atoms with Crippen LogP contribution in [0.5, 0.6) is 0 Å². The van der Waals surface area contributed by atoms with Crippen molar-refractivity contribution in [1.82, 2.24) is 24.8 Å². The first-order chi connectivity index (χ1) is 18.1. The highest BCUT2D eigenvalue weighted by molar-refractivity contribution is 6.04. The van der Waals surface area contributed by atoms with Gasteiger partial charge in [-0.25, -0.2) is 9.37 Å². The molecule has 4 aromatic rings. The van der Waals surface area contributed by atoms with Crippen molar-refractivity contribution in [1.29, 1.82) is 0 Å². The van der Waals surface area contributed by atoms with E-state index in [4.69, 9.17) is 4.98 Å². The van der Waals surface area contributed by atoms with Crippen molar-refractivity contribution in [3.8, 4) is 11.4 Å². The van der Waals surface area contributed by atoms with Crippen LogP contribution in [0, 0.1) is 19.7 Å². The fourth-order valence-corrected chi connectivity index (χ4v) is 5.20. The molecule has 3 heterocycles. The third-order valence-electron chi connectivity index (χ3n) is 7.22. The number of nitrogens with one attached hydrogen (secondary N) is 3. The number of aryl methyl sites for hydroxylation is 2. The lowest BCUT2D eigenvalue weighted by Gasteiger charge is -2.18. The number of carbonyl (C=O) groups is 1. The molecule has 1 aliphatic rings. The summed E-state index contributed by atoms with van der Waals surface area (Å²) in [7, 11) is 3.98. The number of carbonyl (C=O) groups excluding carboxylic acids is 1. The number of halogens is 1. The minimum atomic E-state index is -0.278. The maximum absolute atomic E-state index is 13.8. The Kier molecular flexibility index (Phi) is 6.79. The fraction of sp³-hybridized carbons (Fsp3) is 0.345. The molecule has 0 spiro atoms. The van der Waals surface area contributed by atoms with Crippen LogP contribution in [0.4, 0.5) is 10.1 Å². The SMILES string of the molecule is Cc1ccc(F)cc1CC(C)Nc1cc[nH]c(=O)c1-c1nc2c(C)c3c(cc2[nH]1)CN(CCN(C)C)C3=O. The number of likely N-dealkylation sites (N-methyl/N-ethyl adjacent to an activating group) is 1. The highest BCUT2D eigenvalue weighted by Gasteiger charge is 2.31. The maximum atomic E-state index is 13.8. The van der Waals surface area contributed by atoms with Crippen LogP contribution in [-0.4, -0.2) is 63.9 Å². The topological polar surface area (TPSA) is 97.1 Å². The Morgan fingerprint density at radius 3 is 2.71 bits per heavy atom. The van der Waals surface area contributed by atoms with E-state index in [0.29, 0.717) is 47.7 Å². The van der Waals surface area contributed by atoms with Gasteiger partial charge in [0.2, 0.25) is 0 Å². The van der Waals surface area contributed by atoms with Crippen LogP contribution >= 0.6 is 0 Å². The number of H-pyrrole nitrogens is 2. The molecular weight excluding hydrogens is 483 g/mol. The lowest BCUT2D eigenvalue weighted by molar-refractivity contribution is 0.0768. The summed E-state index contributed by atoms with van der Waals surface area (Å²) in [6, 6.07) is 8.49. The van der Waals surface area contributed by atoms with Crippen molar-refractivity contribution in [3.05, 3.63) is 80.5 Å². The Hall–Kier alpha value is -3.98. The third kappa shape index (κ3) is 4.81. The van der Waals surface area contributed by atoms with E-state index in [1.165, 1.54) is 6.07 Å². The molecule has 8 nitrogen and oxygen atoms in total. The Morgan fingerprint density at radius 2 is 1.95 bits per heavy atom. The molecule has 1 aliphatic heterocycles. The van der Waals surface area contributed by atoms with Crippen LogP contribution in [-0.2, 0) is 13.0 Å². The van der Waals surface area contributed by atoms with E-state index in [1.807, 2.05) is 45.8 Å². The number of fused-ring (bicyclic) bond motifs is 2. The number of hydrogen-bond donors (Lipinski definition) is 3. The average molecular weight is 517 g/mol. The minimum absolute atomic E-state index is 0.0205. The van der Waals surface area contributed by atoms with Crippen molar-refractivity contribution in [2.45, 2.75) is 39.8 Å². The van der Waals surface area contributed by atoms with E-state index in [9.17, 15) is 14.0 Å². The highest BCUT2D eigenvalue weighted by Crippen LogP contribution is 2.33. The first-order valence-electron chi connectivity index (χ1n) is 12.8. The predicted octanol–water partition coefficient (Wildman–Crippen LogP) is 4.23. The van der Waals surface area contributed by atoms with E-state index in [1.54, 1.807) is 24.4 Å². The number of anilines is 1. The molecule has 38 heavy (non-hydrogen) atoms. The molecular formula is C29H33FN6O2. The Morgan fingerprint density at radius 1 is 1.16 bits per heavy atom. The number of aromatic nitrogens is 3. The van der Waals surface area contributed by atoms with Crippen LogP contribution in [0.15, 0.2) is 41.3 Å². The maximum Gasteiger partial charge on any atom is 0.261 e. The number of benzene rings is 2. The first-order valence-corrected chi connectivity index (χ1v) is 12.8. The molecule has 2 aromatic carbocycles. The summed E-state index contributed by atoms with van der Waals surface area (Å²) < 4.78 is 13.8. The Bertz CT molecular complexity index is 1590. The lowest BCUT2D eigenvalue weighted by atomic mass is 10.0. The molecule has 0 saturated heterocycles. The van der Waals surface area contributed by atoms with Crippen LogP contribution in [0.2, 0.25) is 0 Å². The summed E-state index contributed by atoms with van der Waals surface area (Å²) in [6.45, 7) is 7.88. The number of hydrogen-bond acceptors (Lipinski definition) is 5. The summed E-state index contributed by atoms with van der Waals surface area (Å²) in [4.78, 5) is 40.9. The molecule has 0 saturated carbocycles. The summed E-state index contributed by atoms with van der Waals surface area (Å²) in [6.07, 6.45) is 2.19. The smallest absolute Gasteiger partial charge is 0.261 e. The second kappa shape index (κ2) is 10.1. The van der Waals surface area contributed by atoms with Crippen molar-refractivity contribution in [2.75, 3.05) is 32.5 Å². The highest BCUT2D eigenvalue weighted by atomic mass is 19.1. The number of amides is 1. The van der Waals surface area contributed by atoms with Gasteiger partial charge in [0.15, 0.2) is 0 Å². The second-order valence-corrected chi connectivity index (χ2v) is 10.5. The summed E-state index contributed by atoms with van der Waals surface area (Å²) in [5, 5.41) is 3.42. The van der Waals surface area contributed by atoms with Crippen molar-refractivity contribution < 1.29 is 9.18 Å². The van der Waals surface area contributed by atoms with Crippen LogP contribution in [0.25, 0.3) is 22.4 Å². The van der Waals surface area contributed by atoms with Gasteiger partial charge in [0.05, 0.1) is 16.7 Å². The molecule has 0 aliphatic carbocycles. The molecule has 198 valence electrons. The first kappa shape index (κ1) is 25.7. The average Bonchev–Trinajstić information content (AvgIpc) is 3.41. The molecule has 1 atom stereocenters. The minimum Gasteiger partial charge on any atom is -0.381 e. The van der Waals surface area contributed by atoms with Crippen molar-refractivity contribution in [2.24, 2.45) is 0 Å². The molecule has 1 unspecified atom stereocenters. The third-order valence-corrected chi connectivity index (χ3v) is 7.22. The molecule has 9 heteroatoms. The molecule has 1 amide bonds. The summed E-state index contributed by atoms with van der Waals surface area (Å²) >= 11 is 0. The number of pyridine rings is 1. The van der Waals surface area contributed by atoms with Gasteiger partial charge < -0.3 is 25.1 Å². The Labute approximate surface area is 220 Å². The largest absolute Gasteiger partial charge is 0.381 e. The van der Waals surface area contributed by atoms with E-state index in [0.717, 1.165) is 34.3 Å². The van der Waals surface area contributed by atoms with Gasteiger partial charge in [-0.05, 0) is 87.8 Å². The normalized spacial score (nSPS) is 14.0. The number of nitrogens with zero attached hydrogens (tertiary/aromatic N) is 3. The molecule has 0 fully saturated rings. The lowest BCUT2D eigenvalue weighted by Crippen LogP contribution is -2.32. The van der Waals surface area contributed by atoms with E-state index in [2.05, 4.69) is 20.2 Å². The molecule has 0 bridgehead atoms. The number of aromatic amines is 2. The predicted molar refractivity (Wildman–Crippen MR) is 148 cm³/mol. The second-order valence-electron chi connectivity index (χ2n) is 10.5. The van der Waals surface area contributed by atoms with Gasteiger partial charge in [-0.1, -0.05) is 6.07 Å². The van der Waals surface area contributed by atoms with Gasteiger partial charge in [-0.15, -0.1) is 0 Å². The van der Waals surface area contributed by atoms with Crippen LogP contribution in [0.1, 0.15) is 39.5 Å². The van der Waals surface area contributed by atoms with Gasteiger partial charge >= 0.3 is 0 Å². The van der Waals surface area contributed by atoms with Gasteiger partial charge in [-0.2, -0.15) is 0 Å². The fourth-order valence-electron chi connectivity index (χ4n) is 5.20. The van der Waals surface area contributed by atoms with E-state index < -0.39 is 0 Å². The van der Waals surface area contributed by atoms with Gasteiger partial charge in [0.25, 0.3) is 11.5 Å². The van der Waals surface area contributed by atoms with Crippen LogP contribution in [0.3, 0.4) is 0 Å². The van der Waals surface area contributed by atoms with E-state index in [-0.39, 0.29) is 23.3 Å². The molecule has 3 N–H and O–H groups in total. The zero-order chi connectivity index (χ0) is 27.1. The zero-order valence-corrected chi connectivity index (χ0v) is 22.4. The van der Waals surface area contributed by atoms with Crippen molar-refractivity contribution >= 4 is 22.6 Å². The summed E-state index contributed by atoms with van der Waals surface area (Å²) in [5.74, 6) is 0.188. The molecule has 5 rings (SSSR count). The van der Waals surface area contributed by atoms with E-state index >= 15 is 0 Å². The quantitative estimate of drug-likeness (QED) is 0.326. The summed E-state index contributed by atoms with van der Waals surface area (Å²) in [5.41, 5.74) is 6.62. The van der Waals surface area contributed by atoms with Gasteiger partial charge in [0.1, 0.15) is 17.2 Å².